The fraction of sp³-hybridized carbons (Fsp3) is 0.250. The molecule has 1 amide bonds. The highest BCUT2D eigenvalue weighted by Crippen LogP contribution is 2.20. The SMILES string of the molecule is CCCNC(=O)/C=C/c1c(F)cccc1Cl. The van der Waals surface area contributed by atoms with Crippen molar-refractivity contribution in [2.45, 2.75) is 13.3 Å². The van der Waals surface area contributed by atoms with Crippen LogP contribution in [0.3, 0.4) is 0 Å². The molecule has 2 nitrogen and oxygen atoms in total. The van der Waals surface area contributed by atoms with Gasteiger partial charge in [0.05, 0.1) is 5.02 Å². The van der Waals surface area contributed by atoms with E-state index in [1.54, 1.807) is 6.07 Å². The molecular weight excluding hydrogens is 229 g/mol. The first-order valence-electron chi connectivity index (χ1n) is 5.05. The Kier molecular flexibility index (Phi) is 4.99. The Hall–Kier alpha value is -1.35. The van der Waals surface area contributed by atoms with Crippen LogP contribution in [0, 0.1) is 5.82 Å². The van der Waals surface area contributed by atoms with Gasteiger partial charge in [-0.05, 0) is 24.6 Å². The van der Waals surface area contributed by atoms with E-state index in [-0.39, 0.29) is 11.5 Å². The van der Waals surface area contributed by atoms with Crippen molar-refractivity contribution in [2.24, 2.45) is 0 Å². The lowest BCUT2D eigenvalue weighted by molar-refractivity contribution is -0.116. The lowest BCUT2D eigenvalue weighted by Crippen LogP contribution is -2.21. The Bertz CT molecular complexity index is 384. The topological polar surface area (TPSA) is 29.1 Å². The van der Waals surface area contributed by atoms with Crippen LogP contribution in [-0.4, -0.2) is 12.5 Å². The number of carbonyl (C=O) groups is 1. The van der Waals surface area contributed by atoms with E-state index in [2.05, 4.69) is 5.32 Å². The number of carbonyl (C=O) groups excluding carboxylic acids is 1. The van der Waals surface area contributed by atoms with E-state index in [4.69, 9.17) is 11.6 Å². The molecule has 4 heteroatoms. The summed E-state index contributed by atoms with van der Waals surface area (Å²) in [6.45, 7) is 2.56. The molecule has 0 atom stereocenters. The predicted octanol–water partition coefficient (Wildman–Crippen LogP) is 3.02. The molecule has 1 aromatic carbocycles. The molecule has 0 saturated heterocycles. The second-order valence-corrected chi connectivity index (χ2v) is 3.67. The molecule has 86 valence electrons. The highest BCUT2D eigenvalue weighted by Gasteiger charge is 2.03. The number of halogens is 2. The number of benzene rings is 1. The number of rotatable bonds is 4. The van der Waals surface area contributed by atoms with Crippen LogP contribution in [0.1, 0.15) is 18.9 Å². The van der Waals surface area contributed by atoms with Crippen LogP contribution < -0.4 is 5.32 Å². The van der Waals surface area contributed by atoms with E-state index in [9.17, 15) is 9.18 Å². The van der Waals surface area contributed by atoms with Crippen molar-refractivity contribution in [3.63, 3.8) is 0 Å². The van der Waals surface area contributed by atoms with Crippen LogP contribution in [0.2, 0.25) is 5.02 Å². The average molecular weight is 242 g/mol. The van der Waals surface area contributed by atoms with Crippen molar-refractivity contribution in [3.05, 3.63) is 40.7 Å². The molecule has 0 aromatic heterocycles. The molecule has 0 heterocycles. The normalized spacial score (nSPS) is 10.7. The molecule has 0 fully saturated rings. The molecule has 1 N–H and O–H groups in total. The molecule has 0 saturated carbocycles. The smallest absolute Gasteiger partial charge is 0.244 e. The predicted molar refractivity (Wildman–Crippen MR) is 63.7 cm³/mol. The second kappa shape index (κ2) is 6.28. The van der Waals surface area contributed by atoms with Gasteiger partial charge in [0.2, 0.25) is 5.91 Å². The summed E-state index contributed by atoms with van der Waals surface area (Å²) in [5, 5.41) is 2.94. The number of amides is 1. The highest BCUT2D eigenvalue weighted by atomic mass is 35.5. The van der Waals surface area contributed by atoms with E-state index in [1.165, 1.54) is 24.3 Å². The summed E-state index contributed by atoms with van der Waals surface area (Å²) in [6, 6.07) is 4.40. The summed E-state index contributed by atoms with van der Waals surface area (Å²) in [7, 11) is 0. The standard InChI is InChI=1S/C12H13ClFNO/c1-2-8-15-12(16)7-6-9-10(13)4-3-5-11(9)14/h3-7H,2,8H2,1H3,(H,15,16)/b7-6+. The van der Waals surface area contributed by atoms with Crippen molar-refractivity contribution in [1.82, 2.24) is 5.32 Å². The maximum Gasteiger partial charge on any atom is 0.244 e. The maximum atomic E-state index is 13.3. The molecule has 0 aliphatic rings. The molecule has 1 aromatic rings. The van der Waals surface area contributed by atoms with E-state index in [0.717, 1.165) is 6.42 Å². The summed E-state index contributed by atoms with van der Waals surface area (Å²) in [4.78, 5) is 11.2. The van der Waals surface area contributed by atoms with E-state index in [1.807, 2.05) is 6.92 Å². The minimum absolute atomic E-state index is 0.232. The van der Waals surface area contributed by atoms with Crippen LogP contribution in [0.5, 0.6) is 0 Å². The average Bonchev–Trinajstić information content (AvgIpc) is 2.25. The molecular formula is C12H13ClFNO. The van der Waals surface area contributed by atoms with Crippen molar-refractivity contribution in [2.75, 3.05) is 6.54 Å². The lowest BCUT2D eigenvalue weighted by atomic mass is 10.2. The number of nitrogens with one attached hydrogen (secondary N) is 1. The van der Waals surface area contributed by atoms with E-state index < -0.39 is 5.82 Å². The number of hydrogen-bond donors (Lipinski definition) is 1. The van der Waals surface area contributed by atoms with Gasteiger partial charge in [-0.1, -0.05) is 24.6 Å². The van der Waals surface area contributed by atoms with Crippen LogP contribution >= 0.6 is 11.6 Å². The zero-order valence-corrected chi connectivity index (χ0v) is 9.72. The van der Waals surface area contributed by atoms with Gasteiger partial charge in [0, 0.05) is 18.2 Å². The minimum Gasteiger partial charge on any atom is -0.353 e. The third-order valence-corrected chi connectivity index (χ3v) is 2.28. The zero-order valence-electron chi connectivity index (χ0n) is 8.97. The molecule has 16 heavy (non-hydrogen) atoms. The van der Waals surface area contributed by atoms with Gasteiger partial charge in [0.25, 0.3) is 0 Å². The fourth-order valence-electron chi connectivity index (χ4n) is 1.14. The minimum atomic E-state index is -0.438. The van der Waals surface area contributed by atoms with Crippen molar-refractivity contribution >= 4 is 23.6 Å². The van der Waals surface area contributed by atoms with Gasteiger partial charge >= 0.3 is 0 Å². The van der Waals surface area contributed by atoms with Gasteiger partial charge in [-0.2, -0.15) is 0 Å². The molecule has 0 bridgehead atoms. The monoisotopic (exact) mass is 241 g/mol. The molecule has 0 spiro atoms. The van der Waals surface area contributed by atoms with Crippen LogP contribution in [-0.2, 0) is 4.79 Å². The fourth-order valence-corrected chi connectivity index (χ4v) is 1.36. The Morgan fingerprint density at radius 2 is 2.31 bits per heavy atom. The Balaban J connectivity index is 2.72. The van der Waals surface area contributed by atoms with Crippen molar-refractivity contribution in [1.29, 1.82) is 0 Å². The Labute approximate surface area is 99.1 Å². The first kappa shape index (κ1) is 12.7. The quantitative estimate of drug-likeness (QED) is 0.807. The number of hydrogen-bond acceptors (Lipinski definition) is 1. The van der Waals surface area contributed by atoms with Gasteiger partial charge in [-0.3, -0.25) is 4.79 Å². The Morgan fingerprint density at radius 3 is 2.94 bits per heavy atom. The summed E-state index contributed by atoms with van der Waals surface area (Å²) in [5.74, 6) is -0.687. The summed E-state index contributed by atoms with van der Waals surface area (Å²) >= 11 is 5.79. The van der Waals surface area contributed by atoms with Gasteiger partial charge in [0.1, 0.15) is 5.82 Å². The van der Waals surface area contributed by atoms with Gasteiger partial charge in [-0.15, -0.1) is 0 Å². The lowest BCUT2D eigenvalue weighted by Gasteiger charge is -2.00. The van der Waals surface area contributed by atoms with Gasteiger partial charge in [-0.25, -0.2) is 4.39 Å². The molecule has 0 aliphatic heterocycles. The largest absolute Gasteiger partial charge is 0.353 e. The Morgan fingerprint density at radius 1 is 1.56 bits per heavy atom. The van der Waals surface area contributed by atoms with Gasteiger partial charge in [0.15, 0.2) is 0 Å². The maximum absolute atomic E-state index is 13.3. The summed E-state index contributed by atoms with van der Waals surface area (Å²) < 4.78 is 13.3. The van der Waals surface area contributed by atoms with Crippen LogP contribution in [0.4, 0.5) is 4.39 Å². The van der Waals surface area contributed by atoms with Crippen molar-refractivity contribution < 1.29 is 9.18 Å². The molecule has 0 aliphatic carbocycles. The second-order valence-electron chi connectivity index (χ2n) is 3.26. The highest BCUT2D eigenvalue weighted by molar-refractivity contribution is 6.32. The first-order chi connectivity index (χ1) is 7.65. The van der Waals surface area contributed by atoms with E-state index in [0.29, 0.717) is 11.6 Å². The molecule has 1 rings (SSSR count). The third-order valence-electron chi connectivity index (χ3n) is 1.95. The van der Waals surface area contributed by atoms with Crippen LogP contribution in [0.25, 0.3) is 6.08 Å². The summed E-state index contributed by atoms with van der Waals surface area (Å²) in [5.41, 5.74) is 0.232. The van der Waals surface area contributed by atoms with Crippen LogP contribution in [0.15, 0.2) is 24.3 Å². The zero-order chi connectivity index (χ0) is 12.0. The van der Waals surface area contributed by atoms with Gasteiger partial charge < -0.3 is 5.32 Å². The third kappa shape index (κ3) is 3.66. The van der Waals surface area contributed by atoms with Crippen molar-refractivity contribution in [3.8, 4) is 0 Å². The summed E-state index contributed by atoms with van der Waals surface area (Å²) in [6.07, 6.45) is 3.52. The molecule has 0 unspecified atom stereocenters. The first-order valence-corrected chi connectivity index (χ1v) is 5.43. The molecule has 0 radical (unpaired) electrons. The van der Waals surface area contributed by atoms with E-state index >= 15 is 0 Å².